The Hall–Kier alpha value is -2.04. The van der Waals surface area contributed by atoms with Gasteiger partial charge in [-0.05, 0) is 48.8 Å². The molecule has 2 N–H and O–H groups in total. The number of halogens is 1. The first-order valence-electron chi connectivity index (χ1n) is 12.4. The third kappa shape index (κ3) is 3.87. The SMILES string of the molecule is C[C@H]1[C@H]([Si](C)(C)O)[C@@H](CC(=O)N2Cc3ccccc3C[C@H]2CO)O[C@]12C(=O)N(C)c1ccc(Br)cc12. The summed E-state index contributed by atoms with van der Waals surface area (Å²) in [5, 5.41) is 10.1. The summed E-state index contributed by atoms with van der Waals surface area (Å²) in [6.45, 7) is 5.98. The first kappa shape index (κ1) is 25.6. The quantitative estimate of drug-likeness (QED) is 0.547. The van der Waals surface area contributed by atoms with E-state index in [4.69, 9.17) is 4.74 Å². The molecular weight excluding hydrogens is 540 g/mol. The van der Waals surface area contributed by atoms with Crippen molar-refractivity contribution >= 4 is 41.7 Å². The van der Waals surface area contributed by atoms with Crippen LogP contribution in [0.3, 0.4) is 0 Å². The van der Waals surface area contributed by atoms with Crippen LogP contribution in [0.25, 0.3) is 0 Å². The smallest absolute Gasteiger partial charge is 0.264 e. The minimum absolute atomic E-state index is 0.0484. The molecule has 5 atom stereocenters. The molecule has 1 spiro atoms. The maximum Gasteiger partial charge on any atom is 0.264 e. The summed E-state index contributed by atoms with van der Waals surface area (Å²) < 4.78 is 7.52. The molecule has 3 aliphatic heterocycles. The zero-order chi connectivity index (χ0) is 26.0. The number of amides is 2. The number of aliphatic hydroxyl groups is 1. The monoisotopic (exact) mass is 572 g/mol. The van der Waals surface area contributed by atoms with Crippen LogP contribution in [-0.4, -0.2) is 60.7 Å². The second-order valence-corrected chi connectivity index (χ2v) is 15.8. The summed E-state index contributed by atoms with van der Waals surface area (Å²) in [6.07, 6.45) is 0.0312. The van der Waals surface area contributed by atoms with Gasteiger partial charge in [0.05, 0.1) is 30.9 Å². The highest BCUT2D eigenvalue weighted by molar-refractivity contribution is 9.10. The van der Waals surface area contributed by atoms with E-state index in [0.29, 0.717) is 13.0 Å². The number of ether oxygens (including phenoxy) is 1. The first-order valence-corrected chi connectivity index (χ1v) is 16.3. The van der Waals surface area contributed by atoms with Crippen molar-refractivity contribution in [3.8, 4) is 0 Å². The first-order chi connectivity index (χ1) is 17.0. The van der Waals surface area contributed by atoms with Gasteiger partial charge in [0, 0.05) is 35.1 Å². The number of fused-ring (bicyclic) bond motifs is 3. The van der Waals surface area contributed by atoms with Gasteiger partial charge in [0.25, 0.3) is 5.91 Å². The normalized spacial score (nSPS) is 29.6. The molecule has 0 radical (unpaired) electrons. The zero-order valence-electron chi connectivity index (χ0n) is 21.1. The molecule has 192 valence electrons. The molecule has 0 saturated carbocycles. The fourth-order valence-corrected chi connectivity index (χ4v) is 9.60. The molecule has 0 bridgehead atoms. The third-order valence-corrected chi connectivity index (χ3v) is 11.3. The van der Waals surface area contributed by atoms with Gasteiger partial charge < -0.3 is 24.4 Å². The summed E-state index contributed by atoms with van der Waals surface area (Å²) in [4.78, 5) is 42.2. The van der Waals surface area contributed by atoms with E-state index in [1.165, 1.54) is 0 Å². The predicted octanol–water partition coefficient (Wildman–Crippen LogP) is 3.56. The van der Waals surface area contributed by atoms with E-state index in [0.717, 1.165) is 26.9 Å². The lowest BCUT2D eigenvalue weighted by Gasteiger charge is -2.37. The van der Waals surface area contributed by atoms with Crippen LogP contribution in [-0.2, 0) is 32.9 Å². The van der Waals surface area contributed by atoms with Crippen molar-refractivity contribution in [3.63, 3.8) is 0 Å². The lowest BCUT2D eigenvalue weighted by molar-refractivity contribution is -0.150. The molecule has 1 saturated heterocycles. The summed E-state index contributed by atoms with van der Waals surface area (Å²) in [5.74, 6) is -0.612. The number of anilines is 1. The Morgan fingerprint density at radius 3 is 2.58 bits per heavy atom. The molecule has 7 nitrogen and oxygen atoms in total. The summed E-state index contributed by atoms with van der Waals surface area (Å²) in [6, 6.07) is 13.4. The average molecular weight is 574 g/mol. The summed E-state index contributed by atoms with van der Waals surface area (Å²) in [7, 11) is -1.12. The Kier molecular flexibility index (Phi) is 6.44. The van der Waals surface area contributed by atoms with E-state index >= 15 is 0 Å². The average Bonchev–Trinajstić information content (AvgIpc) is 3.24. The molecule has 0 aromatic heterocycles. The van der Waals surface area contributed by atoms with Crippen molar-refractivity contribution in [3.05, 3.63) is 63.6 Å². The lowest BCUT2D eigenvalue weighted by Crippen LogP contribution is -2.48. The van der Waals surface area contributed by atoms with Gasteiger partial charge in [0.15, 0.2) is 13.9 Å². The third-order valence-electron chi connectivity index (χ3n) is 8.34. The Labute approximate surface area is 221 Å². The zero-order valence-corrected chi connectivity index (χ0v) is 23.7. The van der Waals surface area contributed by atoms with E-state index in [2.05, 4.69) is 15.9 Å². The van der Waals surface area contributed by atoms with Crippen molar-refractivity contribution in [2.45, 2.75) is 62.7 Å². The Morgan fingerprint density at radius 2 is 1.92 bits per heavy atom. The fourth-order valence-electron chi connectivity index (χ4n) is 6.69. The minimum atomic E-state index is -2.86. The van der Waals surface area contributed by atoms with Gasteiger partial charge >= 0.3 is 0 Å². The number of nitrogens with zero attached hydrogens (tertiary/aromatic N) is 2. The number of carbonyl (C=O) groups is 2. The van der Waals surface area contributed by atoms with Crippen molar-refractivity contribution in [2.75, 3.05) is 18.6 Å². The number of hydrogen-bond donors (Lipinski definition) is 2. The van der Waals surface area contributed by atoms with Crippen LogP contribution in [0.5, 0.6) is 0 Å². The van der Waals surface area contributed by atoms with Crippen molar-refractivity contribution < 1.29 is 24.2 Å². The highest BCUT2D eigenvalue weighted by atomic mass is 79.9. The minimum Gasteiger partial charge on any atom is -0.432 e. The number of aliphatic hydroxyl groups excluding tert-OH is 1. The van der Waals surface area contributed by atoms with E-state index in [9.17, 15) is 19.5 Å². The van der Waals surface area contributed by atoms with Gasteiger partial charge in [-0.3, -0.25) is 9.59 Å². The molecule has 36 heavy (non-hydrogen) atoms. The van der Waals surface area contributed by atoms with Crippen molar-refractivity contribution in [1.29, 1.82) is 0 Å². The molecule has 2 aromatic rings. The summed E-state index contributed by atoms with van der Waals surface area (Å²) in [5.41, 5.74) is 2.21. The van der Waals surface area contributed by atoms with Gasteiger partial charge in [0.2, 0.25) is 5.91 Å². The lowest BCUT2D eigenvalue weighted by atomic mass is 9.82. The molecule has 3 aliphatic rings. The molecule has 0 aliphatic carbocycles. The fraction of sp³-hybridized carbons (Fsp3) is 0.481. The van der Waals surface area contributed by atoms with Crippen molar-refractivity contribution in [1.82, 2.24) is 4.90 Å². The van der Waals surface area contributed by atoms with E-state index in [1.54, 1.807) is 16.8 Å². The molecule has 2 amide bonds. The second kappa shape index (κ2) is 9.06. The number of benzene rings is 2. The van der Waals surface area contributed by atoms with Crippen LogP contribution < -0.4 is 4.90 Å². The Bertz CT molecular complexity index is 1220. The highest BCUT2D eigenvalue weighted by Gasteiger charge is 2.66. The number of likely N-dealkylation sites (N-methyl/N-ethyl adjacent to an activating group) is 1. The second-order valence-electron chi connectivity index (χ2n) is 10.9. The van der Waals surface area contributed by atoms with Crippen LogP contribution in [0.4, 0.5) is 5.69 Å². The number of hydrogen-bond acceptors (Lipinski definition) is 5. The van der Waals surface area contributed by atoms with Crippen LogP contribution in [0, 0.1) is 5.92 Å². The molecular formula is C27H33BrN2O5Si. The van der Waals surface area contributed by atoms with E-state index in [1.807, 2.05) is 62.5 Å². The maximum absolute atomic E-state index is 13.7. The highest BCUT2D eigenvalue weighted by Crippen LogP contribution is 2.59. The molecule has 5 rings (SSSR count). The van der Waals surface area contributed by atoms with Crippen LogP contribution >= 0.6 is 15.9 Å². The Balaban J connectivity index is 1.49. The summed E-state index contributed by atoms with van der Waals surface area (Å²) >= 11 is 3.53. The van der Waals surface area contributed by atoms with Crippen molar-refractivity contribution in [2.24, 2.45) is 5.92 Å². The van der Waals surface area contributed by atoms with Gasteiger partial charge in [-0.25, -0.2) is 0 Å². The van der Waals surface area contributed by atoms with Crippen LogP contribution in [0.15, 0.2) is 46.9 Å². The van der Waals surface area contributed by atoms with Gasteiger partial charge in [-0.15, -0.1) is 0 Å². The van der Waals surface area contributed by atoms with E-state index in [-0.39, 0.29) is 42.3 Å². The van der Waals surface area contributed by atoms with Gasteiger partial charge in [-0.2, -0.15) is 0 Å². The van der Waals surface area contributed by atoms with E-state index < -0.39 is 20.0 Å². The number of carbonyl (C=O) groups excluding carboxylic acids is 2. The Morgan fingerprint density at radius 1 is 1.22 bits per heavy atom. The van der Waals surface area contributed by atoms with Gasteiger partial charge in [0.1, 0.15) is 0 Å². The van der Waals surface area contributed by atoms with Gasteiger partial charge in [-0.1, -0.05) is 47.1 Å². The van der Waals surface area contributed by atoms with Crippen LogP contribution in [0.2, 0.25) is 18.6 Å². The molecule has 9 heteroatoms. The standard InChI is InChI=1S/C27H33BrN2O5Si/c1-16-25(36(3,4)34)23(35-27(16)21-12-19(28)9-10-22(21)29(2)26(27)33)13-24(32)30-14-18-8-6-5-7-17(18)11-20(30)15-31/h5-10,12,16,20,23,25,31,34H,11,13-15H2,1-4H3/t16-,20-,23+,25-,27+/m0/s1. The largest absolute Gasteiger partial charge is 0.432 e. The van der Waals surface area contributed by atoms with Crippen LogP contribution in [0.1, 0.15) is 30.0 Å². The molecule has 3 heterocycles. The molecule has 1 fully saturated rings. The predicted molar refractivity (Wildman–Crippen MR) is 143 cm³/mol. The molecule has 0 unspecified atom stereocenters. The molecule has 2 aromatic carbocycles. The number of rotatable bonds is 4. The topological polar surface area (TPSA) is 90.3 Å². The maximum atomic E-state index is 13.7.